The van der Waals surface area contributed by atoms with Gasteiger partial charge in [0.25, 0.3) is 0 Å². The number of alkyl halides is 2. The molecule has 0 amide bonds. The average molecular weight is 447 g/mol. The van der Waals surface area contributed by atoms with Gasteiger partial charge in [-0.2, -0.15) is 0 Å². The third-order valence-corrected chi connectivity index (χ3v) is 4.40. The standard InChI is InChI=1S/C18H17BrF2O6/c1-9(25-17-14(23-2)7-11(19)8-15(17)24-3)16(22)10-4-5-12-13(6-10)27-18(20,21)26-12/h4-9,16,22H,1-3H3. The van der Waals surface area contributed by atoms with E-state index in [9.17, 15) is 13.9 Å². The zero-order valence-corrected chi connectivity index (χ0v) is 16.2. The van der Waals surface area contributed by atoms with E-state index < -0.39 is 18.5 Å². The van der Waals surface area contributed by atoms with Crippen molar-refractivity contribution in [1.82, 2.24) is 0 Å². The van der Waals surface area contributed by atoms with Crippen LogP contribution in [0, 0.1) is 0 Å². The molecule has 0 saturated carbocycles. The van der Waals surface area contributed by atoms with Crippen LogP contribution in [0.1, 0.15) is 18.6 Å². The SMILES string of the molecule is COc1cc(Br)cc(OC)c1OC(C)C(O)c1ccc2c(c1)OC(F)(F)O2. The normalized spacial score (nSPS) is 16.6. The van der Waals surface area contributed by atoms with Crippen LogP contribution in [0.3, 0.4) is 0 Å². The minimum Gasteiger partial charge on any atom is -0.493 e. The van der Waals surface area contributed by atoms with Crippen molar-refractivity contribution in [3.8, 4) is 28.7 Å². The van der Waals surface area contributed by atoms with Crippen molar-refractivity contribution >= 4 is 15.9 Å². The van der Waals surface area contributed by atoms with Gasteiger partial charge in [-0.25, -0.2) is 0 Å². The van der Waals surface area contributed by atoms with Gasteiger partial charge in [-0.3, -0.25) is 0 Å². The summed E-state index contributed by atoms with van der Waals surface area (Å²) in [6.45, 7) is 1.63. The van der Waals surface area contributed by atoms with Gasteiger partial charge in [-0.15, -0.1) is 8.78 Å². The number of methoxy groups -OCH3 is 2. The van der Waals surface area contributed by atoms with Crippen LogP contribution in [0.5, 0.6) is 28.7 Å². The zero-order chi connectivity index (χ0) is 19.8. The molecule has 1 aliphatic heterocycles. The average Bonchev–Trinajstić information content (AvgIpc) is 2.94. The number of benzene rings is 2. The number of aliphatic hydroxyl groups is 1. The Bertz CT molecular complexity index is 820. The third-order valence-electron chi connectivity index (χ3n) is 3.94. The summed E-state index contributed by atoms with van der Waals surface area (Å²) in [7, 11) is 2.96. The fraction of sp³-hybridized carbons (Fsp3) is 0.333. The second kappa shape index (κ2) is 7.40. The van der Waals surface area contributed by atoms with Gasteiger partial charge in [0, 0.05) is 4.47 Å². The molecule has 2 unspecified atom stereocenters. The maximum atomic E-state index is 13.2. The molecular weight excluding hydrogens is 430 g/mol. The largest absolute Gasteiger partial charge is 0.586 e. The van der Waals surface area contributed by atoms with Gasteiger partial charge < -0.3 is 28.8 Å². The molecule has 146 valence electrons. The Morgan fingerprint density at radius 2 is 1.63 bits per heavy atom. The highest BCUT2D eigenvalue weighted by molar-refractivity contribution is 9.10. The van der Waals surface area contributed by atoms with Crippen LogP contribution in [0.4, 0.5) is 8.78 Å². The number of aliphatic hydroxyl groups excluding tert-OH is 1. The molecule has 9 heteroatoms. The van der Waals surface area contributed by atoms with Crippen molar-refractivity contribution in [3.63, 3.8) is 0 Å². The fourth-order valence-electron chi connectivity index (χ4n) is 2.63. The van der Waals surface area contributed by atoms with Crippen LogP contribution >= 0.6 is 15.9 Å². The number of ether oxygens (including phenoxy) is 5. The first-order valence-corrected chi connectivity index (χ1v) is 8.69. The molecule has 0 bridgehead atoms. The van der Waals surface area contributed by atoms with Gasteiger partial charge in [0.15, 0.2) is 23.0 Å². The Labute approximate surface area is 162 Å². The Morgan fingerprint density at radius 1 is 1.04 bits per heavy atom. The van der Waals surface area contributed by atoms with E-state index in [1.807, 2.05) is 0 Å². The Morgan fingerprint density at radius 3 is 2.22 bits per heavy atom. The minimum atomic E-state index is -3.72. The molecule has 6 nitrogen and oxygen atoms in total. The van der Waals surface area contributed by atoms with E-state index in [1.165, 1.54) is 32.4 Å². The van der Waals surface area contributed by atoms with Crippen LogP contribution in [0.25, 0.3) is 0 Å². The quantitative estimate of drug-likeness (QED) is 0.713. The molecule has 1 aliphatic rings. The lowest BCUT2D eigenvalue weighted by atomic mass is 10.0. The maximum Gasteiger partial charge on any atom is 0.586 e. The lowest BCUT2D eigenvalue weighted by Gasteiger charge is -2.23. The first kappa shape index (κ1) is 19.5. The van der Waals surface area contributed by atoms with Crippen LogP contribution < -0.4 is 23.7 Å². The van der Waals surface area contributed by atoms with E-state index in [0.717, 1.165) is 4.47 Å². The summed E-state index contributed by atoms with van der Waals surface area (Å²) in [6.07, 6.45) is -5.60. The molecule has 3 rings (SSSR count). The molecule has 1 heterocycles. The molecule has 2 atom stereocenters. The van der Waals surface area contributed by atoms with Gasteiger partial charge in [-0.1, -0.05) is 22.0 Å². The lowest BCUT2D eigenvalue weighted by Crippen LogP contribution is -2.26. The highest BCUT2D eigenvalue weighted by atomic mass is 79.9. The molecule has 0 spiro atoms. The molecule has 2 aromatic rings. The maximum absolute atomic E-state index is 13.2. The number of hydrogen-bond acceptors (Lipinski definition) is 6. The number of fused-ring (bicyclic) bond motifs is 1. The van der Waals surface area contributed by atoms with Gasteiger partial charge in [0.2, 0.25) is 5.75 Å². The van der Waals surface area contributed by atoms with Crippen molar-refractivity contribution in [2.75, 3.05) is 14.2 Å². The van der Waals surface area contributed by atoms with Gasteiger partial charge in [0.05, 0.1) is 14.2 Å². The lowest BCUT2D eigenvalue weighted by molar-refractivity contribution is -0.286. The van der Waals surface area contributed by atoms with Crippen LogP contribution in [-0.2, 0) is 0 Å². The molecule has 2 aromatic carbocycles. The van der Waals surface area contributed by atoms with Crippen molar-refractivity contribution in [2.24, 2.45) is 0 Å². The third kappa shape index (κ3) is 4.03. The second-order valence-electron chi connectivity index (χ2n) is 5.78. The van der Waals surface area contributed by atoms with Crippen molar-refractivity contribution < 1.29 is 37.6 Å². The summed E-state index contributed by atoms with van der Waals surface area (Å²) < 4.78 is 52.3. The number of halogens is 3. The monoisotopic (exact) mass is 446 g/mol. The number of hydrogen-bond donors (Lipinski definition) is 1. The van der Waals surface area contributed by atoms with E-state index in [4.69, 9.17) is 14.2 Å². The van der Waals surface area contributed by atoms with Gasteiger partial charge >= 0.3 is 6.29 Å². The molecule has 1 N–H and O–H groups in total. The van der Waals surface area contributed by atoms with Gasteiger partial charge in [-0.05, 0) is 36.8 Å². The summed E-state index contributed by atoms with van der Waals surface area (Å²) in [5.74, 6) is 0.876. The number of rotatable bonds is 6. The summed E-state index contributed by atoms with van der Waals surface area (Å²) in [6, 6.07) is 7.45. The van der Waals surface area contributed by atoms with E-state index in [1.54, 1.807) is 19.1 Å². The minimum absolute atomic E-state index is 0.0965. The smallest absolute Gasteiger partial charge is 0.493 e. The predicted octanol–water partition coefficient (Wildman–Crippen LogP) is 4.29. The first-order chi connectivity index (χ1) is 12.7. The Kier molecular flexibility index (Phi) is 5.34. The summed E-state index contributed by atoms with van der Waals surface area (Å²) in [5, 5.41) is 10.6. The molecule has 0 aliphatic carbocycles. The Hall–Kier alpha value is -2.26. The summed E-state index contributed by atoms with van der Waals surface area (Å²) in [4.78, 5) is 0. The molecular formula is C18H17BrF2O6. The van der Waals surface area contributed by atoms with E-state index in [2.05, 4.69) is 25.4 Å². The van der Waals surface area contributed by atoms with Gasteiger partial charge in [0.1, 0.15) is 12.2 Å². The summed E-state index contributed by atoms with van der Waals surface area (Å²) in [5.41, 5.74) is 0.331. The molecule has 0 saturated heterocycles. The summed E-state index contributed by atoms with van der Waals surface area (Å²) >= 11 is 3.35. The van der Waals surface area contributed by atoms with E-state index in [0.29, 0.717) is 22.8 Å². The van der Waals surface area contributed by atoms with Crippen LogP contribution in [0.15, 0.2) is 34.8 Å². The van der Waals surface area contributed by atoms with Crippen molar-refractivity contribution in [1.29, 1.82) is 0 Å². The van der Waals surface area contributed by atoms with Crippen molar-refractivity contribution in [3.05, 3.63) is 40.4 Å². The molecule has 0 fully saturated rings. The zero-order valence-electron chi connectivity index (χ0n) is 14.7. The Balaban J connectivity index is 1.83. The van der Waals surface area contributed by atoms with Crippen LogP contribution in [-0.4, -0.2) is 31.7 Å². The van der Waals surface area contributed by atoms with E-state index in [-0.39, 0.29) is 11.5 Å². The fourth-order valence-corrected chi connectivity index (χ4v) is 3.05. The highest BCUT2D eigenvalue weighted by Gasteiger charge is 2.43. The predicted molar refractivity (Wildman–Crippen MR) is 94.9 cm³/mol. The molecule has 0 radical (unpaired) electrons. The molecule has 0 aromatic heterocycles. The van der Waals surface area contributed by atoms with E-state index >= 15 is 0 Å². The topological polar surface area (TPSA) is 66.4 Å². The highest BCUT2D eigenvalue weighted by Crippen LogP contribution is 2.44. The van der Waals surface area contributed by atoms with Crippen LogP contribution in [0.2, 0.25) is 0 Å². The molecule has 27 heavy (non-hydrogen) atoms. The van der Waals surface area contributed by atoms with Crippen molar-refractivity contribution in [2.45, 2.75) is 25.4 Å². The second-order valence-corrected chi connectivity index (χ2v) is 6.70. The first-order valence-electron chi connectivity index (χ1n) is 7.90.